The maximum atomic E-state index is 14.3. The minimum Gasteiger partial charge on any atom is -0.460 e. The highest BCUT2D eigenvalue weighted by Gasteiger charge is 2.53. The van der Waals surface area contributed by atoms with Gasteiger partial charge in [0, 0.05) is 57.8 Å². The first kappa shape index (κ1) is 52.3. The highest BCUT2D eigenvalue weighted by atomic mass is 16.6. The minimum absolute atomic E-state index is 0.0725. The van der Waals surface area contributed by atoms with Crippen LogP contribution in [0.3, 0.4) is 0 Å². The van der Waals surface area contributed by atoms with Gasteiger partial charge >= 0.3 is 5.97 Å². The van der Waals surface area contributed by atoms with Crippen molar-refractivity contribution in [1.29, 1.82) is 0 Å². The number of ether oxygens (including phenoxy) is 4. The van der Waals surface area contributed by atoms with Gasteiger partial charge in [-0.25, -0.2) is 4.79 Å². The largest absolute Gasteiger partial charge is 0.460 e. The zero-order chi connectivity index (χ0) is 46.6. The molecule has 0 spiro atoms. The third-order valence-corrected chi connectivity index (χ3v) is 14.2. The molecule has 354 valence electrons. The van der Waals surface area contributed by atoms with Crippen molar-refractivity contribution in [2.24, 2.45) is 35.5 Å². The molecule has 1 amide bonds. The minimum atomic E-state index is -2.42. The Hall–Kier alpha value is -3.33. The molecule has 0 radical (unpaired) electrons. The van der Waals surface area contributed by atoms with E-state index in [2.05, 4.69) is 0 Å². The van der Waals surface area contributed by atoms with Gasteiger partial charge in [0.1, 0.15) is 23.7 Å². The zero-order valence-corrected chi connectivity index (χ0v) is 39.3. The van der Waals surface area contributed by atoms with Crippen LogP contribution in [-0.2, 0) is 42.9 Å². The molecule has 3 heterocycles. The van der Waals surface area contributed by atoms with E-state index < -0.39 is 71.8 Å². The van der Waals surface area contributed by atoms with Crippen LogP contribution in [-0.4, -0.2) is 119 Å². The van der Waals surface area contributed by atoms with Gasteiger partial charge in [0.05, 0.1) is 30.5 Å². The molecule has 0 aromatic carbocycles. The number of aliphatic hydroxyl groups is 3. The molecular formula is C50H77NO12. The second-order valence-electron chi connectivity index (χ2n) is 19.3. The number of nitrogens with zero attached hydrogens (tertiary/aromatic N) is 1. The number of esters is 1. The van der Waals surface area contributed by atoms with Gasteiger partial charge in [-0.2, -0.15) is 0 Å². The van der Waals surface area contributed by atoms with Gasteiger partial charge in [0.2, 0.25) is 5.79 Å². The molecule has 4 rings (SSSR count). The van der Waals surface area contributed by atoms with E-state index in [1.165, 1.54) is 4.90 Å². The number of carbonyl (C=O) groups excluding carboxylic acids is 5. The summed E-state index contributed by atoms with van der Waals surface area (Å²) in [5, 5.41) is 33.5. The topological polar surface area (TPSA) is 186 Å². The van der Waals surface area contributed by atoms with Crippen LogP contribution in [0.5, 0.6) is 0 Å². The van der Waals surface area contributed by atoms with Crippen LogP contribution >= 0.6 is 0 Å². The summed E-state index contributed by atoms with van der Waals surface area (Å²) in [5.41, 5.74) is 1.39. The van der Waals surface area contributed by atoms with Crippen molar-refractivity contribution in [2.45, 2.75) is 180 Å². The molecule has 3 aliphatic heterocycles. The molecule has 13 heteroatoms. The van der Waals surface area contributed by atoms with Crippen LogP contribution < -0.4 is 0 Å². The van der Waals surface area contributed by atoms with Crippen molar-refractivity contribution in [2.75, 3.05) is 20.8 Å². The standard InChI is InChI=1S/C50H77NO12/c1-30-15-11-10-12-16-31(2)44(60-8)27-38-20-18-36(7)50(59,63-38)47(56)48(57)51-22-14-13-17-39(51)49(58)62-45(35(6)25-37-19-21-40(52)46(26-37)61-9)29-43(55)34(5)24-33(4)42(54)28-41(53)32(3)23-30/h10-12,15-16,24,30,32,34-40,42,44-46,52,54,59H,13-14,17-23,25-29H2,1-9H3/b12-10+,15-11-,31-16+,33-24+/t30-,32?,34-,35-,36?,37+,38+,39?,40?,42?,44+,45+,46-,50?/m1/s1. The van der Waals surface area contributed by atoms with Crippen LogP contribution in [0.25, 0.3) is 0 Å². The number of amides is 1. The molecule has 13 nitrogen and oxygen atoms in total. The Labute approximate surface area is 375 Å². The quantitative estimate of drug-likeness (QED) is 0.154. The lowest BCUT2D eigenvalue weighted by atomic mass is 9.78. The van der Waals surface area contributed by atoms with Gasteiger partial charge in [-0.05, 0) is 107 Å². The Balaban J connectivity index is 1.67. The highest BCUT2D eigenvalue weighted by Crippen LogP contribution is 2.37. The summed E-state index contributed by atoms with van der Waals surface area (Å²) in [6.07, 6.45) is 13.0. The van der Waals surface area contributed by atoms with Gasteiger partial charge in [-0.15, -0.1) is 0 Å². The van der Waals surface area contributed by atoms with Gasteiger partial charge in [-0.3, -0.25) is 19.2 Å². The Kier molecular flexibility index (Phi) is 20.1. The van der Waals surface area contributed by atoms with Crippen molar-refractivity contribution in [3.63, 3.8) is 0 Å². The number of aliphatic hydroxyl groups excluding tert-OH is 2. The van der Waals surface area contributed by atoms with E-state index in [1.54, 1.807) is 41.1 Å². The van der Waals surface area contributed by atoms with Crippen molar-refractivity contribution in [3.05, 3.63) is 47.6 Å². The summed E-state index contributed by atoms with van der Waals surface area (Å²) in [6.45, 7) is 12.9. The number of hydrogen-bond acceptors (Lipinski definition) is 12. The fourth-order valence-corrected chi connectivity index (χ4v) is 9.78. The fraction of sp³-hybridized carbons (Fsp3) is 0.740. The normalized spacial score (nSPS) is 40.1. The summed E-state index contributed by atoms with van der Waals surface area (Å²) >= 11 is 0. The van der Waals surface area contributed by atoms with Crippen LogP contribution in [0.4, 0.5) is 0 Å². The average molecular weight is 884 g/mol. The number of carbonyl (C=O) groups is 5. The second kappa shape index (κ2) is 24.3. The molecular weight excluding hydrogens is 807 g/mol. The molecule has 63 heavy (non-hydrogen) atoms. The number of Topliss-reactive ketones (excluding diaryl/α,β-unsaturated/α-hetero) is 3. The van der Waals surface area contributed by atoms with Gasteiger partial charge in [0.15, 0.2) is 0 Å². The third-order valence-electron chi connectivity index (χ3n) is 14.2. The molecule has 1 aliphatic carbocycles. The van der Waals surface area contributed by atoms with Crippen molar-refractivity contribution >= 4 is 29.2 Å². The third kappa shape index (κ3) is 14.3. The zero-order valence-electron chi connectivity index (χ0n) is 39.3. The lowest BCUT2D eigenvalue weighted by molar-refractivity contribution is -0.265. The number of ketones is 3. The summed E-state index contributed by atoms with van der Waals surface area (Å²) in [4.78, 5) is 71.1. The number of cyclic esters (lactones) is 1. The Morgan fingerprint density at radius 1 is 0.841 bits per heavy atom. The smallest absolute Gasteiger partial charge is 0.329 e. The van der Waals surface area contributed by atoms with Crippen LogP contribution in [0.1, 0.15) is 132 Å². The molecule has 2 bridgehead atoms. The number of methoxy groups -OCH3 is 2. The fourth-order valence-electron chi connectivity index (χ4n) is 9.78. The molecule has 1 saturated carbocycles. The van der Waals surface area contributed by atoms with Crippen LogP contribution in [0.15, 0.2) is 47.6 Å². The van der Waals surface area contributed by atoms with E-state index in [0.29, 0.717) is 63.4 Å². The van der Waals surface area contributed by atoms with Gasteiger partial charge in [-0.1, -0.05) is 71.1 Å². The Morgan fingerprint density at radius 3 is 2.27 bits per heavy atom. The van der Waals surface area contributed by atoms with E-state index >= 15 is 0 Å². The number of hydrogen-bond donors (Lipinski definition) is 3. The van der Waals surface area contributed by atoms with Crippen LogP contribution in [0.2, 0.25) is 0 Å². The molecule has 0 aromatic heterocycles. The molecule has 2 saturated heterocycles. The van der Waals surface area contributed by atoms with E-state index in [-0.39, 0.29) is 67.1 Å². The average Bonchev–Trinajstić information content (AvgIpc) is 3.25. The first-order chi connectivity index (χ1) is 29.8. The molecule has 3 N–H and O–H groups in total. The van der Waals surface area contributed by atoms with Gasteiger partial charge < -0.3 is 39.2 Å². The Bertz CT molecular complexity index is 1700. The number of allylic oxidation sites excluding steroid dienone is 6. The first-order valence-electron chi connectivity index (χ1n) is 23.4. The summed E-state index contributed by atoms with van der Waals surface area (Å²) in [5.74, 6) is -7.36. The highest BCUT2D eigenvalue weighted by molar-refractivity contribution is 6.39. The number of fused-ring (bicyclic) bond motifs is 3. The molecule has 14 atom stereocenters. The maximum absolute atomic E-state index is 14.3. The lowest BCUT2D eigenvalue weighted by Gasteiger charge is -2.42. The van der Waals surface area contributed by atoms with E-state index in [1.807, 2.05) is 58.1 Å². The van der Waals surface area contributed by atoms with E-state index in [4.69, 9.17) is 18.9 Å². The van der Waals surface area contributed by atoms with Gasteiger partial charge in [0.25, 0.3) is 11.7 Å². The molecule has 0 aromatic rings. The summed E-state index contributed by atoms with van der Waals surface area (Å²) in [6, 6.07) is -1.12. The van der Waals surface area contributed by atoms with Crippen molar-refractivity contribution < 1.29 is 58.2 Å². The monoisotopic (exact) mass is 884 g/mol. The molecule has 3 fully saturated rings. The number of rotatable bonds is 5. The lowest BCUT2D eigenvalue weighted by Crippen LogP contribution is -2.61. The summed E-state index contributed by atoms with van der Waals surface area (Å²) in [7, 11) is 3.15. The molecule has 6 unspecified atom stereocenters. The predicted octanol–water partition coefficient (Wildman–Crippen LogP) is 6.56. The van der Waals surface area contributed by atoms with Crippen molar-refractivity contribution in [1.82, 2.24) is 4.90 Å². The second-order valence-corrected chi connectivity index (χ2v) is 19.3. The Morgan fingerprint density at radius 2 is 1.57 bits per heavy atom. The van der Waals surface area contributed by atoms with E-state index in [0.717, 1.165) is 12.0 Å². The SMILES string of the molecule is CO[C@H]1C[C@@H]2CCC(C)C(O)(O2)C(=O)C(=O)N2CCCCC2C(=O)O[C@H]([C@H](C)C[C@@H]2CCC(O)[C@H](OC)C2)CC(=O)[C@H](C)/C=C(\C)C(O)CC(=O)C(C)C[C@H](C)\C=C/C=C/C=C/1C. The van der Waals surface area contributed by atoms with E-state index in [9.17, 15) is 39.3 Å². The number of piperidine rings is 1. The maximum Gasteiger partial charge on any atom is 0.329 e. The van der Waals surface area contributed by atoms with Crippen LogP contribution in [0, 0.1) is 35.5 Å². The predicted molar refractivity (Wildman–Crippen MR) is 239 cm³/mol. The summed E-state index contributed by atoms with van der Waals surface area (Å²) < 4.78 is 23.8. The van der Waals surface area contributed by atoms with Crippen molar-refractivity contribution in [3.8, 4) is 0 Å². The first-order valence-corrected chi connectivity index (χ1v) is 23.4. The molecule has 4 aliphatic rings.